The molecule has 3 saturated heterocycles. The topological polar surface area (TPSA) is 179 Å². The minimum Gasteiger partial charge on any atom is -0.504 e. The van der Waals surface area contributed by atoms with Crippen molar-refractivity contribution in [3.8, 4) is 23.0 Å². The Labute approximate surface area is 500 Å². The number of ketones is 1. The van der Waals surface area contributed by atoms with Crippen LogP contribution < -0.4 is 19.5 Å². The van der Waals surface area contributed by atoms with Gasteiger partial charge in [0, 0.05) is 86.9 Å². The van der Waals surface area contributed by atoms with Crippen LogP contribution in [0.5, 0.6) is 23.0 Å². The van der Waals surface area contributed by atoms with Crippen LogP contribution in [0.2, 0.25) is 0 Å². The molecule has 15 nitrogen and oxygen atoms in total. The number of piperidine rings is 3. The molecule has 0 aliphatic carbocycles. The molecule has 0 radical (unpaired) electrons. The van der Waals surface area contributed by atoms with E-state index in [9.17, 15) is 22.8 Å². The number of ether oxygens (including phenoxy) is 3. The first-order chi connectivity index (χ1) is 40.4. The molecule has 0 saturated carbocycles. The van der Waals surface area contributed by atoms with Crippen molar-refractivity contribution in [1.82, 2.24) is 30.6 Å². The second-order valence-corrected chi connectivity index (χ2v) is 21.9. The van der Waals surface area contributed by atoms with Gasteiger partial charge in [-0.1, -0.05) is 31.4 Å². The highest BCUT2D eigenvalue weighted by molar-refractivity contribution is 9.09. The van der Waals surface area contributed by atoms with Crippen molar-refractivity contribution in [1.29, 1.82) is 0 Å². The zero-order valence-corrected chi connectivity index (χ0v) is 50.1. The Hall–Kier alpha value is -6.22. The molecule has 0 unspecified atom stereocenters. The van der Waals surface area contributed by atoms with E-state index in [0.717, 1.165) is 160 Å². The number of fused-ring (bicyclic) bond motifs is 3. The number of nitrogens with zero attached hydrogens (tertiary/aromatic N) is 5. The molecule has 6 heterocycles. The highest BCUT2D eigenvalue weighted by Crippen LogP contribution is 2.36. The molecule has 3 aliphatic rings. The van der Waals surface area contributed by atoms with Crippen LogP contribution in [-0.4, -0.2) is 133 Å². The van der Waals surface area contributed by atoms with Gasteiger partial charge in [-0.15, -0.1) is 23.2 Å². The normalized spacial score (nSPS) is 15.2. The Morgan fingerprint density at radius 1 is 0.639 bits per heavy atom. The SMILES string of the molecule is COc1cc(C(C)=O)ccc1OCCCN1CCC(c2noc3cc(F)ccc23)CC1.COc1cc(C=O)ccc1O.ClCCCBr.Fc1ccc2c(C3CCN(CCCCl)CC3)noc2c1.Fc1ccc2c(C3CCNCC3)noc2c1. The van der Waals surface area contributed by atoms with Gasteiger partial charge in [-0.3, -0.25) is 9.59 Å². The van der Waals surface area contributed by atoms with Crippen LogP contribution in [0.4, 0.5) is 13.2 Å². The number of phenols is 1. The zero-order chi connectivity index (χ0) is 59.1. The first kappa shape index (κ1) is 64.3. The average Bonchev–Trinajstić information content (AvgIpc) is 4.49. The summed E-state index contributed by atoms with van der Waals surface area (Å²) < 4.78 is 71.3. The number of aromatic nitrogens is 3. The van der Waals surface area contributed by atoms with Crippen molar-refractivity contribution in [2.24, 2.45) is 0 Å². The lowest BCUT2D eigenvalue weighted by atomic mass is 9.91. The summed E-state index contributed by atoms with van der Waals surface area (Å²) in [5.41, 5.74) is 5.61. The number of carbonyl (C=O) groups excluding carboxylic acids is 2. The molecule has 83 heavy (non-hydrogen) atoms. The highest BCUT2D eigenvalue weighted by Gasteiger charge is 2.27. The third-order valence-electron chi connectivity index (χ3n) is 14.7. The molecule has 0 bridgehead atoms. The van der Waals surface area contributed by atoms with Gasteiger partial charge < -0.3 is 48.0 Å². The number of aromatic hydroxyl groups is 1. The van der Waals surface area contributed by atoms with Gasteiger partial charge in [0.2, 0.25) is 0 Å². The van der Waals surface area contributed by atoms with E-state index in [1.54, 1.807) is 43.5 Å². The van der Waals surface area contributed by atoms with Crippen molar-refractivity contribution in [3.05, 3.63) is 137 Å². The first-order valence-corrected chi connectivity index (χ1v) is 30.2. The maximum atomic E-state index is 13.4. The van der Waals surface area contributed by atoms with Crippen molar-refractivity contribution in [3.63, 3.8) is 0 Å². The van der Waals surface area contributed by atoms with Crippen molar-refractivity contribution >= 4 is 84.1 Å². The second kappa shape index (κ2) is 33.3. The number of rotatable bonds is 17. The molecule has 11 rings (SSSR count). The Kier molecular flexibility index (Phi) is 25.8. The predicted octanol–water partition coefficient (Wildman–Crippen LogP) is 14.3. The number of benzene rings is 5. The van der Waals surface area contributed by atoms with Gasteiger partial charge in [-0.25, -0.2) is 13.2 Å². The number of hydrogen-bond acceptors (Lipinski definition) is 15. The molecule has 2 N–H and O–H groups in total. The number of likely N-dealkylation sites (tertiary alicyclic amines) is 2. The van der Waals surface area contributed by atoms with Crippen LogP contribution in [0, 0.1) is 17.5 Å². The summed E-state index contributed by atoms with van der Waals surface area (Å²) in [5, 5.41) is 28.7. The zero-order valence-electron chi connectivity index (χ0n) is 47.0. The molecule has 3 aliphatic heterocycles. The maximum absolute atomic E-state index is 13.4. The van der Waals surface area contributed by atoms with E-state index >= 15 is 0 Å². The summed E-state index contributed by atoms with van der Waals surface area (Å²) >= 11 is 14.2. The fourth-order valence-corrected chi connectivity index (χ4v) is 11.1. The van der Waals surface area contributed by atoms with Gasteiger partial charge in [0.1, 0.15) is 23.7 Å². The highest BCUT2D eigenvalue weighted by atomic mass is 79.9. The number of Topliss-reactive ketones (excluding diaryl/α,β-unsaturated/α-hetero) is 1. The van der Waals surface area contributed by atoms with Crippen molar-refractivity contribution in [2.75, 3.05) is 90.3 Å². The first-order valence-electron chi connectivity index (χ1n) is 28.0. The Balaban J connectivity index is 0.000000164. The number of halogens is 6. The van der Waals surface area contributed by atoms with Gasteiger partial charge in [0.15, 0.2) is 45.5 Å². The van der Waals surface area contributed by atoms with E-state index in [1.165, 1.54) is 68.6 Å². The second-order valence-electron chi connectivity index (χ2n) is 20.3. The molecule has 0 spiro atoms. The maximum Gasteiger partial charge on any atom is 0.170 e. The Morgan fingerprint density at radius 3 is 1.53 bits per heavy atom. The Bertz CT molecular complexity index is 3290. The molecule has 0 atom stereocenters. The lowest BCUT2D eigenvalue weighted by molar-refractivity contribution is 0.101. The summed E-state index contributed by atoms with van der Waals surface area (Å²) in [7, 11) is 3.01. The number of carbonyl (C=O) groups is 2. The van der Waals surface area contributed by atoms with Crippen LogP contribution >= 0.6 is 39.1 Å². The minimum atomic E-state index is -0.306. The fraction of sp³-hybridized carbons (Fsp3) is 0.435. The third-order valence-corrected chi connectivity index (χ3v) is 15.8. The van der Waals surface area contributed by atoms with Crippen LogP contribution in [0.25, 0.3) is 32.9 Å². The minimum absolute atomic E-state index is 0.000894. The molecule has 3 fully saturated rings. The van der Waals surface area contributed by atoms with E-state index in [0.29, 0.717) is 75.8 Å². The number of aldehydes is 1. The predicted molar refractivity (Wildman–Crippen MR) is 321 cm³/mol. The van der Waals surface area contributed by atoms with Gasteiger partial charge in [-0.2, -0.15) is 0 Å². The van der Waals surface area contributed by atoms with Crippen LogP contribution in [0.1, 0.15) is 120 Å². The monoisotopic (exact) mass is 1250 g/mol. The number of methoxy groups -OCH3 is 2. The molecule has 21 heteroatoms. The van der Waals surface area contributed by atoms with E-state index in [4.69, 9.17) is 56.1 Å². The number of nitrogens with one attached hydrogen (secondary N) is 1. The van der Waals surface area contributed by atoms with Gasteiger partial charge in [0.05, 0.1) is 37.9 Å². The summed E-state index contributed by atoms with van der Waals surface area (Å²) in [6.45, 7) is 10.3. The number of hydrogen-bond donors (Lipinski definition) is 2. The molecular weight excluding hydrogens is 1180 g/mol. The largest absolute Gasteiger partial charge is 0.504 e. The van der Waals surface area contributed by atoms with E-state index in [-0.39, 0.29) is 29.0 Å². The molecular formula is C62H72BrCl2F3N6O9. The summed E-state index contributed by atoms with van der Waals surface area (Å²) in [5.74, 6) is 3.40. The fourth-order valence-electron chi connectivity index (χ4n) is 10.2. The van der Waals surface area contributed by atoms with Gasteiger partial charge >= 0.3 is 0 Å². The Morgan fingerprint density at radius 2 is 1.11 bits per heavy atom. The van der Waals surface area contributed by atoms with Crippen LogP contribution in [-0.2, 0) is 0 Å². The molecule has 5 aromatic carbocycles. The third kappa shape index (κ3) is 18.6. The molecule has 446 valence electrons. The molecule has 3 aromatic heterocycles. The van der Waals surface area contributed by atoms with E-state index in [1.807, 2.05) is 0 Å². The molecule has 8 aromatic rings. The number of alkyl halides is 3. The lowest BCUT2D eigenvalue weighted by Crippen LogP contribution is -2.34. The van der Waals surface area contributed by atoms with Crippen LogP contribution in [0.3, 0.4) is 0 Å². The van der Waals surface area contributed by atoms with Crippen LogP contribution in [0.15, 0.2) is 105 Å². The number of phenolic OH excluding ortho intramolecular Hbond substituents is 1. The van der Waals surface area contributed by atoms with Gasteiger partial charge in [-0.05, 0) is 183 Å². The van der Waals surface area contributed by atoms with Crippen molar-refractivity contribution < 1.29 is 55.6 Å². The van der Waals surface area contributed by atoms with Gasteiger partial charge in [0.25, 0.3) is 0 Å². The van der Waals surface area contributed by atoms with E-state index < -0.39 is 0 Å². The lowest BCUT2D eigenvalue weighted by Gasteiger charge is -2.31. The summed E-state index contributed by atoms with van der Waals surface area (Å²) in [6.07, 6.45) is 9.98. The smallest absolute Gasteiger partial charge is 0.170 e. The summed E-state index contributed by atoms with van der Waals surface area (Å²) in [6, 6.07) is 23.6. The summed E-state index contributed by atoms with van der Waals surface area (Å²) in [4.78, 5) is 26.6. The standard InChI is InChI=1S/C24H27FN2O4.C15H18ClFN2O.C12H13FN2O.C8H8O3.C3H6BrCl/c1-16(28)18-4-7-21(23(14-18)29-2)30-13-3-10-27-11-8-17(9-12-27)24-20-6-5-19(25)15-22(20)31-26-24;16-6-1-7-19-8-4-11(5-9-19)15-13-3-2-12(17)10-14(13)20-18-15;13-9-1-2-10-11(7-9)16-15-12(10)8-3-5-14-6-4-8;1-11-8-4-6(5-9)2-3-7(8)10;4-2-1-3-5/h4-7,14-15,17H,3,8-13H2,1-2H3;2-3,10-11H,1,4-9H2;1-2,7-8,14H,3-6H2;2-5,10H,1H3;1-3H2. The van der Waals surface area contributed by atoms with E-state index in [2.05, 4.69) is 46.5 Å². The van der Waals surface area contributed by atoms with Crippen molar-refractivity contribution in [2.45, 2.75) is 82.5 Å². The average molecular weight is 1250 g/mol. The quantitative estimate of drug-likeness (QED) is 0.0380. The molecule has 0 amide bonds.